The van der Waals surface area contributed by atoms with E-state index in [9.17, 15) is 14.4 Å². The molecule has 0 spiro atoms. The first kappa shape index (κ1) is 17.1. The fourth-order valence-electron chi connectivity index (χ4n) is 2.46. The van der Waals surface area contributed by atoms with Crippen LogP contribution in [-0.4, -0.2) is 26.7 Å². The highest BCUT2D eigenvalue weighted by Gasteiger charge is 2.20. The van der Waals surface area contributed by atoms with Crippen molar-refractivity contribution in [2.75, 3.05) is 0 Å². The van der Waals surface area contributed by atoms with Gasteiger partial charge in [0.25, 0.3) is 5.56 Å². The Balaban J connectivity index is 1.86. The lowest BCUT2D eigenvalue weighted by atomic mass is 10.2. The zero-order chi connectivity index (χ0) is 18.3. The van der Waals surface area contributed by atoms with E-state index in [1.54, 1.807) is 6.92 Å². The average molecular weight is 359 g/mol. The van der Waals surface area contributed by atoms with E-state index in [4.69, 9.17) is 4.74 Å². The molecule has 0 saturated carbocycles. The number of nitrogens with zero attached hydrogens (tertiary/aromatic N) is 1. The molecule has 0 aliphatic heterocycles. The number of hydrogen-bond donors (Lipinski definition) is 2. The van der Waals surface area contributed by atoms with E-state index in [-0.39, 0.29) is 22.9 Å². The molecule has 0 aliphatic rings. The number of ether oxygens (including phenoxy) is 1. The molecular formula is C17H17N3O4S. The van der Waals surface area contributed by atoms with Crippen molar-refractivity contribution >= 4 is 33.3 Å². The third-order valence-electron chi connectivity index (χ3n) is 4.04. The number of aryl methyl sites for hydroxylation is 2. The summed E-state index contributed by atoms with van der Waals surface area (Å²) in [6.07, 6.45) is 0.712. The SMILES string of the molecule is CC(=O)c1c[nH]c(C(=O)O[C@H](C)c2nc3sc(C)c(C)c3c(=O)[nH]2)c1. The number of hydrogen-bond acceptors (Lipinski definition) is 6. The summed E-state index contributed by atoms with van der Waals surface area (Å²) in [6.45, 7) is 6.86. The van der Waals surface area contributed by atoms with Crippen LogP contribution in [0, 0.1) is 13.8 Å². The van der Waals surface area contributed by atoms with Crippen molar-refractivity contribution in [3.8, 4) is 0 Å². The molecule has 0 radical (unpaired) electrons. The quantitative estimate of drug-likeness (QED) is 0.550. The van der Waals surface area contributed by atoms with Crippen LogP contribution in [0.25, 0.3) is 10.2 Å². The van der Waals surface area contributed by atoms with Crippen molar-refractivity contribution in [2.24, 2.45) is 0 Å². The van der Waals surface area contributed by atoms with Gasteiger partial charge in [-0.05, 0) is 39.3 Å². The lowest BCUT2D eigenvalue weighted by Crippen LogP contribution is -2.17. The summed E-state index contributed by atoms with van der Waals surface area (Å²) in [5.74, 6) is -0.491. The molecule has 0 amide bonds. The van der Waals surface area contributed by atoms with Crippen LogP contribution in [0.2, 0.25) is 0 Å². The van der Waals surface area contributed by atoms with E-state index < -0.39 is 12.1 Å². The third kappa shape index (κ3) is 3.12. The molecule has 0 aromatic carbocycles. The van der Waals surface area contributed by atoms with Gasteiger partial charge in [-0.1, -0.05) is 0 Å². The number of aromatic nitrogens is 3. The standard InChI is InChI=1S/C17H17N3O4S/c1-7-10(4)25-16-13(7)15(22)19-14(20-16)9(3)24-17(23)12-5-11(6-18-12)8(2)21/h5-6,9,18H,1-4H3,(H,19,20,22)/t9-/m1/s1. The van der Waals surface area contributed by atoms with Gasteiger partial charge in [0.05, 0.1) is 5.39 Å². The molecule has 0 aliphatic carbocycles. The second kappa shape index (κ2) is 6.29. The smallest absolute Gasteiger partial charge is 0.355 e. The zero-order valence-electron chi connectivity index (χ0n) is 14.2. The van der Waals surface area contributed by atoms with Crippen LogP contribution in [0.3, 0.4) is 0 Å². The fraction of sp³-hybridized carbons (Fsp3) is 0.294. The van der Waals surface area contributed by atoms with Gasteiger partial charge < -0.3 is 14.7 Å². The van der Waals surface area contributed by atoms with Crippen molar-refractivity contribution in [3.63, 3.8) is 0 Å². The molecule has 2 N–H and O–H groups in total. The summed E-state index contributed by atoms with van der Waals surface area (Å²) >= 11 is 1.43. The largest absolute Gasteiger partial charge is 0.450 e. The lowest BCUT2D eigenvalue weighted by Gasteiger charge is -2.11. The highest BCUT2D eigenvalue weighted by atomic mass is 32.1. The minimum Gasteiger partial charge on any atom is -0.450 e. The van der Waals surface area contributed by atoms with Gasteiger partial charge >= 0.3 is 5.97 Å². The number of aromatic amines is 2. The summed E-state index contributed by atoms with van der Waals surface area (Å²) < 4.78 is 5.35. The molecule has 3 heterocycles. The number of carbonyl (C=O) groups is 2. The van der Waals surface area contributed by atoms with Crippen molar-refractivity contribution in [1.82, 2.24) is 15.0 Å². The third-order valence-corrected chi connectivity index (χ3v) is 5.14. The van der Waals surface area contributed by atoms with Gasteiger partial charge in [-0.25, -0.2) is 9.78 Å². The van der Waals surface area contributed by atoms with Gasteiger partial charge in [0.15, 0.2) is 17.7 Å². The van der Waals surface area contributed by atoms with Crippen LogP contribution >= 0.6 is 11.3 Å². The molecule has 3 rings (SSSR count). The first-order chi connectivity index (χ1) is 11.8. The Morgan fingerprint density at radius 2 is 2.04 bits per heavy atom. The highest BCUT2D eigenvalue weighted by Crippen LogP contribution is 2.27. The number of rotatable bonds is 4. The van der Waals surface area contributed by atoms with Crippen LogP contribution in [-0.2, 0) is 4.74 Å². The predicted molar refractivity (Wildman–Crippen MR) is 94.3 cm³/mol. The number of carbonyl (C=O) groups excluding carboxylic acids is 2. The number of fused-ring (bicyclic) bond motifs is 1. The van der Waals surface area contributed by atoms with Gasteiger partial charge in [0.2, 0.25) is 0 Å². The van der Waals surface area contributed by atoms with Crippen molar-refractivity contribution in [1.29, 1.82) is 0 Å². The van der Waals surface area contributed by atoms with Crippen LogP contribution in [0.4, 0.5) is 0 Å². The molecule has 0 fully saturated rings. The average Bonchev–Trinajstić information content (AvgIpc) is 3.13. The Hall–Kier alpha value is -2.74. The molecule has 3 aromatic rings. The van der Waals surface area contributed by atoms with Crippen molar-refractivity contribution in [2.45, 2.75) is 33.8 Å². The normalized spacial score (nSPS) is 12.3. The van der Waals surface area contributed by atoms with E-state index in [1.165, 1.54) is 30.5 Å². The minimum atomic E-state index is -0.739. The Morgan fingerprint density at radius 1 is 1.32 bits per heavy atom. The molecule has 7 nitrogen and oxygen atoms in total. The van der Waals surface area contributed by atoms with Gasteiger partial charge in [-0.3, -0.25) is 9.59 Å². The minimum absolute atomic E-state index is 0.150. The molecule has 1 atom stereocenters. The number of ketones is 1. The van der Waals surface area contributed by atoms with Crippen LogP contribution < -0.4 is 5.56 Å². The van der Waals surface area contributed by atoms with E-state index in [2.05, 4.69) is 15.0 Å². The second-order valence-corrected chi connectivity index (χ2v) is 7.02. The van der Waals surface area contributed by atoms with Gasteiger partial charge in [-0.2, -0.15) is 0 Å². The number of Topliss-reactive ketones (excluding diaryl/α,β-unsaturated/α-hetero) is 1. The van der Waals surface area contributed by atoms with E-state index in [0.29, 0.717) is 15.8 Å². The Morgan fingerprint density at radius 3 is 2.68 bits per heavy atom. The predicted octanol–water partition coefficient (Wildman–Crippen LogP) is 3.05. The van der Waals surface area contributed by atoms with E-state index >= 15 is 0 Å². The molecular weight excluding hydrogens is 342 g/mol. The van der Waals surface area contributed by atoms with Crippen LogP contribution in [0.15, 0.2) is 17.1 Å². The molecule has 3 aromatic heterocycles. The Labute approximate surface area is 147 Å². The van der Waals surface area contributed by atoms with E-state index in [0.717, 1.165) is 10.4 Å². The first-order valence-electron chi connectivity index (χ1n) is 7.68. The zero-order valence-corrected chi connectivity index (χ0v) is 15.0. The summed E-state index contributed by atoms with van der Waals surface area (Å²) in [6, 6.07) is 1.43. The summed E-state index contributed by atoms with van der Waals surface area (Å²) in [5.41, 5.74) is 1.23. The molecule has 130 valence electrons. The molecule has 25 heavy (non-hydrogen) atoms. The number of nitrogens with one attached hydrogen (secondary N) is 2. The maximum Gasteiger partial charge on any atom is 0.355 e. The lowest BCUT2D eigenvalue weighted by molar-refractivity contribution is 0.0314. The van der Waals surface area contributed by atoms with Crippen LogP contribution in [0.1, 0.15) is 57.1 Å². The molecule has 0 saturated heterocycles. The maximum atomic E-state index is 12.3. The van der Waals surface area contributed by atoms with E-state index in [1.807, 2.05) is 13.8 Å². The fourth-order valence-corrected chi connectivity index (χ4v) is 3.50. The van der Waals surface area contributed by atoms with Crippen LogP contribution in [0.5, 0.6) is 0 Å². The monoisotopic (exact) mass is 359 g/mol. The number of esters is 1. The number of H-pyrrole nitrogens is 2. The molecule has 8 heteroatoms. The topological polar surface area (TPSA) is 105 Å². The van der Waals surface area contributed by atoms with Gasteiger partial charge in [0, 0.05) is 16.6 Å². The molecule has 0 unspecified atom stereocenters. The van der Waals surface area contributed by atoms with Gasteiger partial charge in [0.1, 0.15) is 10.5 Å². The highest BCUT2D eigenvalue weighted by molar-refractivity contribution is 7.18. The number of thiophene rings is 1. The Bertz CT molecular complexity index is 1040. The van der Waals surface area contributed by atoms with Crippen molar-refractivity contribution in [3.05, 3.63) is 50.1 Å². The summed E-state index contributed by atoms with van der Waals surface area (Å²) in [4.78, 5) is 47.2. The Kier molecular flexibility index (Phi) is 4.30. The van der Waals surface area contributed by atoms with Crippen molar-refractivity contribution < 1.29 is 14.3 Å². The second-order valence-electron chi connectivity index (χ2n) is 5.82. The summed E-state index contributed by atoms with van der Waals surface area (Å²) in [7, 11) is 0. The molecule has 0 bridgehead atoms. The van der Waals surface area contributed by atoms with Gasteiger partial charge in [-0.15, -0.1) is 11.3 Å². The summed E-state index contributed by atoms with van der Waals surface area (Å²) in [5, 5.41) is 0.570. The first-order valence-corrected chi connectivity index (χ1v) is 8.49. The maximum absolute atomic E-state index is 12.3.